The van der Waals surface area contributed by atoms with Crippen LogP contribution in [0, 0.1) is 11.6 Å². The molecule has 21 heavy (non-hydrogen) atoms. The van der Waals surface area contributed by atoms with Crippen molar-refractivity contribution in [3.8, 4) is 0 Å². The van der Waals surface area contributed by atoms with Crippen LogP contribution < -0.4 is 0 Å². The average Bonchev–Trinajstić information content (AvgIpc) is 3.04. The minimum atomic E-state index is -0.811. The molecule has 2 aliphatic rings. The van der Waals surface area contributed by atoms with Crippen LogP contribution >= 0.6 is 0 Å². The summed E-state index contributed by atoms with van der Waals surface area (Å²) >= 11 is 0. The minimum Gasteiger partial charge on any atom is -0.391 e. The highest BCUT2D eigenvalue weighted by Gasteiger charge is 2.28. The number of hydrogen-bond acceptors (Lipinski definition) is 2. The van der Waals surface area contributed by atoms with E-state index >= 15 is 0 Å². The van der Waals surface area contributed by atoms with E-state index in [0.717, 1.165) is 24.0 Å². The number of likely N-dealkylation sites (tertiary alicyclic amines) is 1. The van der Waals surface area contributed by atoms with Crippen LogP contribution in [0.3, 0.4) is 0 Å². The molecule has 1 N–H and O–H groups in total. The minimum absolute atomic E-state index is 0.0441. The zero-order valence-corrected chi connectivity index (χ0v) is 11.8. The quantitative estimate of drug-likeness (QED) is 0.930. The van der Waals surface area contributed by atoms with E-state index in [1.165, 1.54) is 12.1 Å². The van der Waals surface area contributed by atoms with Gasteiger partial charge in [0.2, 0.25) is 5.91 Å². The number of fused-ring (bicyclic) bond motifs is 1. The first kappa shape index (κ1) is 14.4. The summed E-state index contributed by atoms with van der Waals surface area (Å²) in [6, 6.07) is 2.57. The molecule has 114 valence electrons. The van der Waals surface area contributed by atoms with Gasteiger partial charge in [-0.2, -0.15) is 0 Å². The Hall–Kier alpha value is -1.49. The number of hydrogen-bond donors (Lipinski definition) is 1. The Morgan fingerprint density at radius 3 is 2.76 bits per heavy atom. The lowest BCUT2D eigenvalue weighted by atomic mass is 9.95. The zero-order valence-electron chi connectivity index (χ0n) is 11.8. The molecule has 3 rings (SSSR count). The van der Waals surface area contributed by atoms with Crippen molar-refractivity contribution >= 4 is 5.91 Å². The van der Waals surface area contributed by atoms with E-state index in [1.54, 1.807) is 4.90 Å². The van der Waals surface area contributed by atoms with Crippen molar-refractivity contribution in [3.05, 3.63) is 34.9 Å². The van der Waals surface area contributed by atoms with Crippen LogP contribution in [0.4, 0.5) is 8.78 Å². The van der Waals surface area contributed by atoms with Gasteiger partial charge in [0.05, 0.1) is 6.10 Å². The van der Waals surface area contributed by atoms with E-state index < -0.39 is 17.7 Å². The number of aryl methyl sites for hydroxylation is 1. The second kappa shape index (κ2) is 5.72. The Labute approximate surface area is 122 Å². The first-order valence-electron chi connectivity index (χ1n) is 7.48. The first-order valence-corrected chi connectivity index (χ1v) is 7.48. The summed E-state index contributed by atoms with van der Waals surface area (Å²) in [7, 11) is 0. The molecule has 1 saturated heterocycles. The number of carbonyl (C=O) groups excluding carboxylic acids is 1. The molecule has 1 aromatic rings. The topological polar surface area (TPSA) is 40.5 Å². The number of halogens is 2. The smallest absolute Gasteiger partial charge is 0.222 e. The molecular weight excluding hydrogens is 276 g/mol. The molecule has 3 nitrogen and oxygen atoms in total. The van der Waals surface area contributed by atoms with E-state index in [0.29, 0.717) is 32.4 Å². The standard InChI is InChI=1S/C16H19F2NO2/c17-14-7-11-2-1-10(13(11)8-15(14)18)3-4-16(21)19-6-5-12(20)9-19/h7-8,10,12,20H,1-6,9H2. The number of aliphatic hydroxyl groups excluding tert-OH is 1. The Kier molecular flexibility index (Phi) is 3.93. The third-order valence-electron chi connectivity index (χ3n) is 4.61. The second-order valence-electron chi connectivity index (χ2n) is 6.02. The summed E-state index contributed by atoms with van der Waals surface area (Å²) in [5.74, 6) is -1.43. The van der Waals surface area contributed by atoms with Crippen LogP contribution in [-0.4, -0.2) is 35.1 Å². The van der Waals surface area contributed by atoms with E-state index in [1.807, 2.05) is 0 Å². The number of β-amino-alcohol motifs (C(OH)–C–C–N with tert-alkyl or cyclic N) is 1. The molecule has 0 bridgehead atoms. The lowest BCUT2D eigenvalue weighted by molar-refractivity contribution is -0.130. The first-order chi connectivity index (χ1) is 10.0. The van der Waals surface area contributed by atoms with E-state index in [9.17, 15) is 18.7 Å². The van der Waals surface area contributed by atoms with Gasteiger partial charge in [-0.3, -0.25) is 4.79 Å². The van der Waals surface area contributed by atoms with Gasteiger partial charge in [-0.05, 0) is 54.9 Å². The fourth-order valence-electron chi connectivity index (χ4n) is 3.41. The van der Waals surface area contributed by atoms with Crippen LogP contribution in [0.25, 0.3) is 0 Å². The molecular formula is C16H19F2NO2. The highest BCUT2D eigenvalue weighted by molar-refractivity contribution is 5.76. The van der Waals surface area contributed by atoms with Gasteiger partial charge in [0.1, 0.15) is 0 Å². The number of aliphatic hydroxyl groups is 1. The van der Waals surface area contributed by atoms with Crippen molar-refractivity contribution in [2.75, 3.05) is 13.1 Å². The van der Waals surface area contributed by atoms with Crippen molar-refractivity contribution < 1.29 is 18.7 Å². The number of amides is 1. The van der Waals surface area contributed by atoms with Crippen LogP contribution in [-0.2, 0) is 11.2 Å². The molecule has 1 amide bonds. The van der Waals surface area contributed by atoms with Gasteiger partial charge >= 0.3 is 0 Å². The lowest BCUT2D eigenvalue weighted by Gasteiger charge is -2.17. The average molecular weight is 295 g/mol. The predicted octanol–water partition coefficient (Wildman–Crippen LogP) is 2.37. The van der Waals surface area contributed by atoms with Gasteiger partial charge < -0.3 is 10.0 Å². The van der Waals surface area contributed by atoms with Crippen LogP contribution in [0.2, 0.25) is 0 Å². The molecule has 0 spiro atoms. The van der Waals surface area contributed by atoms with Crippen molar-refractivity contribution in [3.63, 3.8) is 0 Å². The largest absolute Gasteiger partial charge is 0.391 e. The monoisotopic (exact) mass is 295 g/mol. The zero-order chi connectivity index (χ0) is 15.0. The second-order valence-corrected chi connectivity index (χ2v) is 6.02. The van der Waals surface area contributed by atoms with Crippen LogP contribution in [0.15, 0.2) is 12.1 Å². The van der Waals surface area contributed by atoms with Gasteiger partial charge in [-0.1, -0.05) is 0 Å². The summed E-state index contributed by atoms with van der Waals surface area (Å²) in [5.41, 5.74) is 1.71. The number of benzene rings is 1. The van der Waals surface area contributed by atoms with Gasteiger partial charge in [0.25, 0.3) is 0 Å². The fraction of sp³-hybridized carbons (Fsp3) is 0.562. The number of nitrogens with zero attached hydrogens (tertiary/aromatic N) is 1. The molecule has 1 heterocycles. The molecule has 1 aliphatic carbocycles. The predicted molar refractivity (Wildman–Crippen MR) is 73.9 cm³/mol. The highest BCUT2D eigenvalue weighted by Crippen LogP contribution is 2.37. The highest BCUT2D eigenvalue weighted by atomic mass is 19.2. The van der Waals surface area contributed by atoms with Gasteiger partial charge in [0, 0.05) is 19.5 Å². The molecule has 0 radical (unpaired) electrons. The van der Waals surface area contributed by atoms with Crippen molar-refractivity contribution in [2.24, 2.45) is 0 Å². The molecule has 5 heteroatoms. The fourth-order valence-corrected chi connectivity index (χ4v) is 3.41. The van der Waals surface area contributed by atoms with Crippen molar-refractivity contribution in [2.45, 2.75) is 44.1 Å². The number of rotatable bonds is 3. The van der Waals surface area contributed by atoms with Crippen LogP contribution in [0.1, 0.15) is 42.7 Å². The van der Waals surface area contributed by atoms with E-state index in [-0.39, 0.29) is 11.8 Å². The Balaban J connectivity index is 1.61. The number of carbonyl (C=O) groups is 1. The third-order valence-corrected chi connectivity index (χ3v) is 4.61. The van der Waals surface area contributed by atoms with E-state index in [4.69, 9.17) is 0 Å². The summed E-state index contributed by atoms with van der Waals surface area (Å²) in [5, 5.41) is 9.44. The summed E-state index contributed by atoms with van der Waals surface area (Å²) < 4.78 is 26.6. The van der Waals surface area contributed by atoms with Gasteiger partial charge in [-0.25, -0.2) is 8.78 Å². The normalized spacial score (nSPS) is 24.4. The van der Waals surface area contributed by atoms with Crippen molar-refractivity contribution in [1.82, 2.24) is 4.90 Å². The van der Waals surface area contributed by atoms with Crippen LogP contribution in [0.5, 0.6) is 0 Å². The molecule has 0 saturated carbocycles. The van der Waals surface area contributed by atoms with Gasteiger partial charge in [0.15, 0.2) is 11.6 Å². The molecule has 2 unspecified atom stereocenters. The maximum absolute atomic E-state index is 13.4. The molecule has 1 aliphatic heterocycles. The van der Waals surface area contributed by atoms with E-state index in [2.05, 4.69) is 0 Å². The van der Waals surface area contributed by atoms with Gasteiger partial charge in [-0.15, -0.1) is 0 Å². The Morgan fingerprint density at radius 1 is 1.29 bits per heavy atom. The third kappa shape index (κ3) is 2.93. The Bertz CT molecular complexity index is 561. The molecule has 1 aromatic carbocycles. The summed E-state index contributed by atoms with van der Waals surface area (Å²) in [6.45, 7) is 1.03. The molecule has 2 atom stereocenters. The maximum Gasteiger partial charge on any atom is 0.222 e. The molecule has 0 aromatic heterocycles. The summed E-state index contributed by atoms with van der Waals surface area (Å²) in [4.78, 5) is 13.7. The lowest BCUT2D eigenvalue weighted by Crippen LogP contribution is -2.29. The molecule has 1 fully saturated rings. The van der Waals surface area contributed by atoms with Crippen molar-refractivity contribution in [1.29, 1.82) is 0 Å². The Morgan fingerprint density at radius 2 is 2.05 bits per heavy atom. The maximum atomic E-state index is 13.4. The SMILES string of the molecule is O=C(CCC1CCc2cc(F)c(F)cc21)N1CCC(O)C1. The summed E-state index contributed by atoms with van der Waals surface area (Å²) in [6.07, 6.45) is 2.88.